The van der Waals surface area contributed by atoms with Crippen molar-refractivity contribution in [3.05, 3.63) is 42.0 Å². The molecule has 3 saturated carbocycles. The van der Waals surface area contributed by atoms with E-state index in [4.69, 9.17) is 0 Å². The molecule has 8 heteroatoms. The second kappa shape index (κ2) is 8.27. The second-order valence-corrected chi connectivity index (χ2v) is 11.5. The topological polar surface area (TPSA) is 61.4 Å². The summed E-state index contributed by atoms with van der Waals surface area (Å²) in [5.74, 6) is 1.68. The van der Waals surface area contributed by atoms with E-state index in [0.29, 0.717) is 23.4 Å². The van der Waals surface area contributed by atoms with Crippen LogP contribution in [0.1, 0.15) is 57.9 Å². The highest BCUT2D eigenvalue weighted by Gasteiger charge is 2.60. The van der Waals surface area contributed by atoms with E-state index >= 15 is 0 Å². The van der Waals surface area contributed by atoms with E-state index in [1.807, 2.05) is 11.9 Å². The first kappa shape index (κ1) is 24.2. The van der Waals surface area contributed by atoms with Gasteiger partial charge in [0.1, 0.15) is 0 Å². The average molecular weight is 490 g/mol. The molecule has 0 aromatic heterocycles. The number of rotatable bonds is 2. The zero-order chi connectivity index (χ0) is 25.2. The van der Waals surface area contributed by atoms with Crippen molar-refractivity contribution < 1.29 is 22.8 Å². The summed E-state index contributed by atoms with van der Waals surface area (Å²) in [5, 5.41) is 5.85. The van der Waals surface area contributed by atoms with Crippen LogP contribution in [0.15, 0.2) is 36.4 Å². The van der Waals surface area contributed by atoms with Crippen molar-refractivity contribution in [2.45, 2.75) is 70.6 Å². The Labute approximate surface area is 204 Å². The molecule has 190 valence electrons. The minimum atomic E-state index is -4.40. The van der Waals surface area contributed by atoms with Gasteiger partial charge < -0.3 is 15.5 Å². The van der Waals surface area contributed by atoms with Crippen molar-refractivity contribution in [3.63, 3.8) is 0 Å². The summed E-state index contributed by atoms with van der Waals surface area (Å²) >= 11 is 0. The summed E-state index contributed by atoms with van der Waals surface area (Å²) in [7, 11) is 1.92. The molecule has 0 radical (unpaired) electrons. The SMILES string of the molecule is CN1C(=O)C=C[C@]2(C)[C@H]3CC[C@]4(C)[C@@H](NC(=O)Nc5ccc(C(F)(F)F)cc5)CC[C@H]4[C@@H]3CC[C@@H]12. The van der Waals surface area contributed by atoms with Gasteiger partial charge >= 0.3 is 12.2 Å². The highest BCUT2D eigenvalue weighted by atomic mass is 19.4. The molecule has 5 nitrogen and oxygen atoms in total. The Hall–Kier alpha value is -2.51. The number of nitrogens with zero attached hydrogens (tertiary/aromatic N) is 1. The van der Waals surface area contributed by atoms with Crippen LogP contribution in [0.2, 0.25) is 0 Å². The lowest BCUT2D eigenvalue weighted by molar-refractivity contribution is -0.138. The molecular weight excluding hydrogens is 455 g/mol. The van der Waals surface area contributed by atoms with Crippen LogP contribution in [0, 0.1) is 28.6 Å². The zero-order valence-corrected chi connectivity index (χ0v) is 20.5. The Balaban J connectivity index is 1.27. The van der Waals surface area contributed by atoms with Gasteiger partial charge in [-0.15, -0.1) is 0 Å². The molecule has 3 amide bonds. The summed E-state index contributed by atoms with van der Waals surface area (Å²) in [4.78, 5) is 27.0. The van der Waals surface area contributed by atoms with Gasteiger partial charge in [0.25, 0.3) is 0 Å². The van der Waals surface area contributed by atoms with Crippen LogP contribution in [0.25, 0.3) is 0 Å². The van der Waals surface area contributed by atoms with Crippen LogP contribution in [-0.2, 0) is 11.0 Å². The largest absolute Gasteiger partial charge is 0.416 e. The maximum Gasteiger partial charge on any atom is 0.416 e. The van der Waals surface area contributed by atoms with Crippen LogP contribution in [0.4, 0.5) is 23.7 Å². The molecule has 0 unspecified atom stereocenters. The molecule has 3 aliphatic carbocycles. The molecule has 5 rings (SSSR count). The van der Waals surface area contributed by atoms with E-state index < -0.39 is 11.7 Å². The van der Waals surface area contributed by atoms with E-state index in [0.717, 1.165) is 50.7 Å². The maximum absolute atomic E-state index is 12.8. The molecule has 0 spiro atoms. The number of hydrogen-bond acceptors (Lipinski definition) is 2. The van der Waals surface area contributed by atoms with Crippen LogP contribution in [0.5, 0.6) is 0 Å². The van der Waals surface area contributed by atoms with Crippen LogP contribution >= 0.6 is 0 Å². The first-order valence-electron chi connectivity index (χ1n) is 12.6. The molecule has 2 N–H and O–H groups in total. The summed E-state index contributed by atoms with van der Waals surface area (Å²) < 4.78 is 38.4. The molecule has 4 aliphatic rings. The molecule has 1 aromatic carbocycles. The van der Waals surface area contributed by atoms with E-state index in [-0.39, 0.29) is 34.9 Å². The number of amides is 3. The Kier molecular flexibility index (Phi) is 5.72. The smallest absolute Gasteiger partial charge is 0.338 e. The fourth-order valence-corrected chi connectivity index (χ4v) is 8.04. The molecule has 35 heavy (non-hydrogen) atoms. The van der Waals surface area contributed by atoms with Gasteiger partial charge in [0, 0.05) is 30.2 Å². The van der Waals surface area contributed by atoms with Gasteiger partial charge in [0.2, 0.25) is 5.91 Å². The number of likely N-dealkylation sites (N-methyl/N-ethyl adjacent to an activating group) is 1. The van der Waals surface area contributed by atoms with Gasteiger partial charge in [-0.1, -0.05) is 19.9 Å². The number of hydrogen-bond donors (Lipinski definition) is 2. The number of nitrogens with one attached hydrogen (secondary N) is 2. The first-order chi connectivity index (χ1) is 16.4. The Bertz CT molecular complexity index is 1040. The molecule has 1 aliphatic heterocycles. The Morgan fingerprint density at radius 1 is 1.03 bits per heavy atom. The summed E-state index contributed by atoms with van der Waals surface area (Å²) in [6, 6.07) is 4.42. The average Bonchev–Trinajstić information content (AvgIpc) is 3.12. The molecular formula is C27H34F3N3O2. The number of alkyl halides is 3. The lowest BCUT2D eigenvalue weighted by atomic mass is 9.48. The van der Waals surface area contributed by atoms with Crippen molar-refractivity contribution >= 4 is 17.6 Å². The van der Waals surface area contributed by atoms with Gasteiger partial charge in [-0.3, -0.25) is 4.79 Å². The maximum atomic E-state index is 12.8. The van der Waals surface area contributed by atoms with E-state index in [9.17, 15) is 22.8 Å². The number of anilines is 1. The van der Waals surface area contributed by atoms with Gasteiger partial charge in [-0.05, 0) is 92.0 Å². The number of halogens is 3. The molecule has 1 aromatic rings. The van der Waals surface area contributed by atoms with Crippen molar-refractivity contribution in [1.29, 1.82) is 0 Å². The van der Waals surface area contributed by atoms with Crippen LogP contribution in [0.3, 0.4) is 0 Å². The molecule has 7 atom stereocenters. The quantitative estimate of drug-likeness (QED) is 0.549. The second-order valence-electron chi connectivity index (χ2n) is 11.5. The standard InChI is InChI=1S/C27H34F3N3O2/c1-25-14-12-20-18(8-11-22-26(20,2)15-13-23(34)33(22)3)19(25)9-10-21(25)32-24(35)31-17-6-4-16(5-7-17)27(28,29)30/h4-7,13,15,18-22H,8-12,14H2,1-3H3,(H2,31,32,35)/t18-,19-,20-,21-,22+,25-,26+/m0/s1. The normalized spacial score (nSPS) is 38.4. The Morgan fingerprint density at radius 3 is 2.43 bits per heavy atom. The number of urea groups is 1. The highest BCUT2D eigenvalue weighted by molar-refractivity contribution is 5.89. The minimum absolute atomic E-state index is 0.0120. The van der Waals surface area contributed by atoms with Crippen molar-refractivity contribution in [1.82, 2.24) is 10.2 Å². The third kappa shape index (κ3) is 3.93. The summed E-state index contributed by atoms with van der Waals surface area (Å²) in [6.45, 7) is 4.61. The van der Waals surface area contributed by atoms with Gasteiger partial charge in [0.15, 0.2) is 0 Å². The van der Waals surface area contributed by atoms with Crippen LogP contribution in [-0.4, -0.2) is 36.0 Å². The molecule has 0 bridgehead atoms. The monoisotopic (exact) mass is 489 g/mol. The van der Waals surface area contributed by atoms with E-state index in [1.54, 1.807) is 6.08 Å². The zero-order valence-electron chi connectivity index (χ0n) is 20.5. The molecule has 3 fully saturated rings. The van der Waals surface area contributed by atoms with Crippen molar-refractivity contribution in [2.24, 2.45) is 28.6 Å². The van der Waals surface area contributed by atoms with Gasteiger partial charge in [-0.2, -0.15) is 13.2 Å². The van der Waals surface area contributed by atoms with E-state index in [1.165, 1.54) is 12.1 Å². The predicted octanol–water partition coefficient (Wildman–Crippen LogP) is 5.83. The third-order valence-corrected chi connectivity index (χ3v) is 9.90. The number of fused-ring (bicyclic) bond motifs is 5. The third-order valence-electron chi connectivity index (χ3n) is 9.90. The lowest BCUT2D eigenvalue weighted by Gasteiger charge is -2.60. The summed E-state index contributed by atoms with van der Waals surface area (Å²) in [5.41, 5.74) is -0.425. The van der Waals surface area contributed by atoms with E-state index in [2.05, 4.69) is 30.6 Å². The molecule has 0 saturated heterocycles. The fraction of sp³-hybridized carbons (Fsp3) is 0.630. The van der Waals surface area contributed by atoms with Crippen molar-refractivity contribution in [2.75, 3.05) is 12.4 Å². The number of benzene rings is 1. The number of carbonyl (C=O) groups excluding carboxylic acids is 2. The highest BCUT2D eigenvalue weighted by Crippen LogP contribution is 2.63. The minimum Gasteiger partial charge on any atom is -0.338 e. The fourth-order valence-electron chi connectivity index (χ4n) is 8.04. The Morgan fingerprint density at radius 2 is 1.74 bits per heavy atom. The van der Waals surface area contributed by atoms with Crippen LogP contribution < -0.4 is 10.6 Å². The molecule has 1 heterocycles. The predicted molar refractivity (Wildman–Crippen MR) is 127 cm³/mol. The first-order valence-corrected chi connectivity index (χ1v) is 12.6. The van der Waals surface area contributed by atoms with Gasteiger partial charge in [-0.25, -0.2) is 4.79 Å². The van der Waals surface area contributed by atoms with Crippen molar-refractivity contribution in [3.8, 4) is 0 Å². The lowest BCUT2D eigenvalue weighted by Crippen LogP contribution is -2.60. The summed E-state index contributed by atoms with van der Waals surface area (Å²) in [6.07, 6.45) is 5.65. The van der Waals surface area contributed by atoms with Gasteiger partial charge in [0.05, 0.1) is 5.56 Å². The number of carbonyl (C=O) groups is 2.